The van der Waals surface area contributed by atoms with E-state index in [0.29, 0.717) is 12.1 Å². The van der Waals surface area contributed by atoms with Gasteiger partial charge in [0.05, 0.1) is 5.69 Å². The minimum Gasteiger partial charge on any atom is -0.294 e. The highest BCUT2D eigenvalue weighted by molar-refractivity contribution is 5.70. The van der Waals surface area contributed by atoms with Crippen molar-refractivity contribution < 1.29 is 4.79 Å². The fraction of sp³-hybridized carbons (Fsp3) is 0.182. The largest absolute Gasteiger partial charge is 0.294 e. The summed E-state index contributed by atoms with van der Waals surface area (Å²) in [6, 6.07) is 6.00. The van der Waals surface area contributed by atoms with Crippen LogP contribution in [0.3, 0.4) is 0 Å². The molecule has 1 aromatic carbocycles. The monoisotopic (exact) mass is 201 g/mol. The number of hydrogen-bond donors (Lipinski definition) is 0. The van der Waals surface area contributed by atoms with Gasteiger partial charge < -0.3 is 0 Å². The SMILES string of the molecule is Cc1cc(C)cc(-n2ncnc2C=O)c1. The zero-order chi connectivity index (χ0) is 10.8. The van der Waals surface area contributed by atoms with E-state index in [9.17, 15) is 4.79 Å². The van der Waals surface area contributed by atoms with Gasteiger partial charge in [-0.3, -0.25) is 4.79 Å². The summed E-state index contributed by atoms with van der Waals surface area (Å²) >= 11 is 0. The Balaban J connectivity index is 2.58. The zero-order valence-electron chi connectivity index (χ0n) is 8.64. The van der Waals surface area contributed by atoms with Gasteiger partial charge in [0.1, 0.15) is 6.33 Å². The van der Waals surface area contributed by atoms with Crippen molar-refractivity contribution in [2.75, 3.05) is 0 Å². The van der Waals surface area contributed by atoms with Gasteiger partial charge in [0.25, 0.3) is 0 Å². The summed E-state index contributed by atoms with van der Waals surface area (Å²) in [5.41, 5.74) is 3.14. The predicted molar refractivity (Wildman–Crippen MR) is 56.2 cm³/mol. The zero-order valence-corrected chi connectivity index (χ0v) is 8.64. The molecule has 0 radical (unpaired) electrons. The molecule has 4 heteroatoms. The first-order valence-electron chi connectivity index (χ1n) is 4.64. The normalized spacial score (nSPS) is 10.3. The Bertz CT molecular complexity index is 482. The third-order valence-electron chi connectivity index (χ3n) is 2.13. The lowest BCUT2D eigenvalue weighted by atomic mass is 10.1. The molecule has 0 fully saturated rings. The fourth-order valence-corrected chi connectivity index (χ4v) is 1.60. The van der Waals surface area contributed by atoms with Gasteiger partial charge in [0.15, 0.2) is 12.1 Å². The lowest BCUT2D eigenvalue weighted by molar-refractivity contribution is 0.111. The molecule has 0 saturated carbocycles. The van der Waals surface area contributed by atoms with Crippen LogP contribution in [0.4, 0.5) is 0 Å². The van der Waals surface area contributed by atoms with Gasteiger partial charge in [0, 0.05) is 0 Å². The van der Waals surface area contributed by atoms with Crippen molar-refractivity contribution in [1.82, 2.24) is 14.8 Å². The molecule has 15 heavy (non-hydrogen) atoms. The van der Waals surface area contributed by atoms with Crippen LogP contribution in [-0.4, -0.2) is 21.1 Å². The highest BCUT2D eigenvalue weighted by Crippen LogP contribution is 2.13. The molecular formula is C11H11N3O. The number of hydrogen-bond acceptors (Lipinski definition) is 3. The Hall–Kier alpha value is -1.97. The van der Waals surface area contributed by atoms with Gasteiger partial charge in [0.2, 0.25) is 0 Å². The number of aldehydes is 1. The van der Waals surface area contributed by atoms with Gasteiger partial charge in [-0.25, -0.2) is 9.67 Å². The van der Waals surface area contributed by atoms with E-state index in [-0.39, 0.29) is 0 Å². The van der Waals surface area contributed by atoms with E-state index in [4.69, 9.17) is 0 Å². The number of benzene rings is 1. The standard InChI is InChI=1S/C11H11N3O/c1-8-3-9(2)5-10(4-8)14-11(6-15)12-7-13-14/h3-7H,1-2H3. The van der Waals surface area contributed by atoms with E-state index < -0.39 is 0 Å². The maximum atomic E-state index is 10.7. The van der Waals surface area contributed by atoms with Crippen LogP contribution in [0, 0.1) is 13.8 Å². The van der Waals surface area contributed by atoms with Crippen LogP contribution in [-0.2, 0) is 0 Å². The van der Waals surface area contributed by atoms with Crippen molar-refractivity contribution in [3.05, 3.63) is 41.5 Å². The topological polar surface area (TPSA) is 47.8 Å². The van der Waals surface area contributed by atoms with Crippen molar-refractivity contribution in [1.29, 1.82) is 0 Å². The Morgan fingerprint density at radius 2 is 1.87 bits per heavy atom. The molecule has 0 aliphatic carbocycles. The molecule has 0 unspecified atom stereocenters. The van der Waals surface area contributed by atoms with Crippen molar-refractivity contribution in [2.45, 2.75) is 13.8 Å². The first-order valence-corrected chi connectivity index (χ1v) is 4.64. The molecule has 4 nitrogen and oxygen atoms in total. The van der Waals surface area contributed by atoms with Crippen LogP contribution in [0.25, 0.3) is 5.69 Å². The van der Waals surface area contributed by atoms with Gasteiger partial charge in [-0.15, -0.1) is 0 Å². The second kappa shape index (κ2) is 3.65. The third-order valence-corrected chi connectivity index (χ3v) is 2.13. The number of carbonyl (C=O) groups excluding carboxylic acids is 1. The first-order chi connectivity index (χ1) is 7.20. The van der Waals surface area contributed by atoms with Gasteiger partial charge >= 0.3 is 0 Å². The Morgan fingerprint density at radius 3 is 2.47 bits per heavy atom. The molecule has 0 saturated heterocycles. The maximum Gasteiger partial charge on any atom is 0.196 e. The predicted octanol–water partition coefficient (Wildman–Crippen LogP) is 1.70. The van der Waals surface area contributed by atoms with Crippen LogP contribution in [0.15, 0.2) is 24.5 Å². The molecular weight excluding hydrogens is 190 g/mol. The molecule has 0 aliphatic rings. The summed E-state index contributed by atoms with van der Waals surface area (Å²) in [7, 11) is 0. The molecule has 1 aromatic heterocycles. The Labute approximate surface area is 87.6 Å². The molecule has 0 spiro atoms. The van der Waals surface area contributed by atoms with Crippen LogP contribution < -0.4 is 0 Å². The van der Waals surface area contributed by atoms with Crippen LogP contribution in [0.1, 0.15) is 21.7 Å². The summed E-state index contributed by atoms with van der Waals surface area (Å²) in [6.07, 6.45) is 2.08. The quantitative estimate of drug-likeness (QED) is 0.695. The Kier molecular flexibility index (Phi) is 2.33. The molecule has 0 amide bonds. The lowest BCUT2D eigenvalue weighted by Gasteiger charge is -2.05. The molecule has 76 valence electrons. The van der Waals surface area contributed by atoms with Crippen molar-refractivity contribution in [3.8, 4) is 5.69 Å². The minimum atomic E-state index is 0.319. The van der Waals surface area contributed by atoms with E-state index in [0.717, 1.165) is 16.8 Å². The smallest absolute Gasteiger partial charge is 0.196 e. The summed E-state index contributed by atoms with van der Waals surface area (Å²) in [5.74, 6) is 0.319. The number of aromatic nitrogens is 3. The number of nitrogens with zero attached hydrogens (tertiary/aromatic N) is 3. The summed E-state index contributed by atoms with van der Waals surface area (Å²) < 4.78 is 1.53. The minimum absolute atomic E-state index is 0.319. The first kappa shape index (κ1) is 9.58. The van der Waals surface area contributed by atoms with E-state index in [1.54, 1.807) is 0 Å². The highest BCUT2D eigenvalue weighted by atomic mass is 16.1. The summed E-state index contributed by atoms with van der Waals surface area (Å²) in [6.45, 7) is 4.02. The highest BCUT2D eigenvalue weighted by Gasteiger charge is 2.05. The average Bonchev–Trinajstić information content (AvgIpc) is 2.63. The lowest BCUT2D eigenvalue weighted by Crippen LogP contribution is -2.02. The third kappa shape index (κ3) is 1.79. The van der Waals surface area contributed by atoms with E-state index in [1.807, 2.05) is 26.0 Å². The van der Waals surface area contributed by atoms with Gasteiger partial charge in [-0.1, -0.05) is 6.07 Å². The van der Waals surface area contributed by atoms with Crippen LogP contribution in [0.5, 0.6) is 0 Å². The molecule has 0 atom stereocenters. The average molecular weight is 201 g/mol. The van der Waals surface area contributed by atoms with E-state index >= 15 is 0 Å². The number of carbonyl (C=O) groups is 1. The van der Waals surface area contributed by atoms with E-state index in [1.165, 1.54) is 11.0 Å². The molecule has 0 aliphatic heterocycles. The van der Waals surface area contributed by atoms with Gasteiger partial charge in [-0.2, -0.15) is 5.10 Å². The summed E-state index contributed by atoms with van der Waals surface area (Å²) in [4.78, 5) is 14.6. The number of aryl methyl sites for hydroxylation is 2. The molecule has 2 rings (SSSR count). The molecule has 1 heterocycles. The van der Waals surface area contributed by atoms with Crippen molar-refractivity contribution in [2.24, 2.45) is 0 Å². The second-order valence-corrected chi connectivity index (χ2v) is 3.49. The van der Waals surface area contributed by atoms with Crippen molar-refractivity contribution in [3.63, 3.8) is 0 Å². The number of rotatable bonds is 2. The molecule has 2 aromatic rings. The van der Waals surface area contributed by atoms with E-state index in [2.05, 4.69) is 16.1 Å². The Morgan fingerprint density at radius 1 is 1.20 bits per heavy atom. The van der Waals surface area contributed by atoms with Crippen LogP contribution >= 0.6 is 0 Å². The maximum absolute atomic E-state index is 10.7. The summed E-state index contributed by atoms with van der Waals surface area (Å²) in [5, 5.41) is 4.01. The van der Waals surface area contributed by atoms with Crippen LogP contribution in [0.2, 0.25) is 0 Å². The molecule has 0 bridgehead atoms. The molecule has 0 N–H and O–H groups in total. The second-order valence-electron chi connectivity index (χ2n) is 3.49. The fourth-order valence-electron chi connectivity index (χ4n) is 1.60. The van der Waals surface area contributed by atoms with Gasteiger partial charge in [-0.05, 0) is 37.1 Å². The van der Waals surface area contributed by atoms with Crippen molar-refractivity contribution >= 4 is 6.29 Å².